The average molecular weight is 414 g/mol. The summed E-state index contributed by atoms with van der Waals surface area (Å²) in [4.78, 5) is -0.738. The van der Waals surface area contributed by atoms with E-state index in [1.54, 1.807) is 6.07 Å². The van der Waals surface area contributed by atoms with Crippen molar-refractivity contribution in [3.63, 3.8) is 0 Å². The second kappa shape index (κ2) is 5.85. The molecule has 0 amide bonds. The minimum Gasteiger partial charge on any atom is -0.207 e. The summed E-state index contributed by atoms with van der Waals surface area (Å²) in [6, 6.07) is 6.26. The highest BCUT2D eigenvalue weighted by atomic mass is 79.9. The van der Waals surface area contributed by atoms with Crippen LogP contribution in [0.2, 0.25) is 5.02 Å². The molecule has 0 fully saturated rings. The Morgan fingerprint density at radius 2 is 1.63 bits per heavy atom. The third-order valence-corrected chi connectivity index (χ3v) is 4.56. The Kier molecular flexibility index (Phi) is 4.58. The minimum absolute atomic E-state index is 0.0267. The molecular formula is C13H6Br2ClF3. The smallest absolute Gasteiger partial charge is 0.142 e. The van der Waals surface area contributed by atoms with Gasteiger partial charge in [-0.25, -0.2) is 13.2 Å². The van der Waals surface area contributed by atoms with E-state index in [0.29, 0.717) is 5.56 Å². The molecule has 2 aromatic carbocycles. The molecule has 0 spiro atoms. The number of alkyl halides is 1. The van der Waals surface area contributed by atoms with Crippen LogP contribution in [0, 0.1) is 17.5 Å². The molecule has 2 rings (SSSR count). The first-order chi connectivity index (χ1) is 8.91. The molecule has 100 valence electrons. The average Bonchev–Trinajstić information content (AvgIpc) is 2.36. The summed E-state index contributed by atoms with van der Waals surface area (Å²) in [5.74, 6) is -1.83. The Bertz CT molecular complexity index is 632. The maximum absolute atomic E-state index is 13.8. The highest BCUT2D eigenvalue weighted by molar-refractivity contribution is 9.10. The molecule has 0 aromatic heterocycles. The lowest BCUT2D eigenvalue weighted by Crippen LogP contribution is -2.00. The Hall–Kier alpha value is -0.520. The molecule has 1 atom stereocenters. The Balaban J connectivity index is 2.53. The van der Waals surface area contributed by atoms with Gasteiger partial charge >= 0.3 is 0 Å². The molecule has 0 saturated carbocycles. The molecule has 0 saturated heterocycles. The zero-order valence-corrected chi connectivity index (χ0v) is 13.2. The molecule has 1 unspecified atom stereocenters. The quantitative estimate of drug-likeness (QED) is 0.417. The lowest BCUT2D eigenvalue weighted by atomic mass is 10.0. The van der Waals surface area contributed by atoms with E-state index in [-0.39, 0.29) is 15.1 Å². The summed E-state index contributed by atoms with van der Waals surface area (Å²) in [5.41, 5.74) is 0.385. The molecule has 0 heterocycles. The largest absolute Gasteiger partial charge is 0.207 e. The molecule has 2 aromatic rings. The second-order valence-corrected chi connectivity index (χ2v) is 5.94. The van der Waals surface area contributed by atoms with Gasteiger partial charge < -0.3 is 0 Å². The third-order valence-electron chi connectivity index (χ3n) is 2.57. The van der Waals surface area contributed by atoms with Crippen LogP contribution < -0.4 is 0 Å². The fourth-order valence-corrected chi connectivity index (χ4v) is 3.03. The van der Waals surface area contributed by atoms with Crippen LogP contribution in [0.5, 0.6) is 0 Å². The fraction of sp³-hybridized carbons (Fsp3) is 0.0769. The van der Waals surface area contributed by atoms with E-state index in [0.717, 1.165) is 12.1 Å². The summed E-state index contributed by atoms with van der Waals surface area (Å²) in [6.07, 6.45) is 0. The van der Waals surface area contributed by atoms with Crippen molar-refractivity contribution in [3.05, 3.63) is 68.4 Å². The summed E-state index contributed by atoms with van der Waals surface area (Å²) < 4.78 is 40.7. The molecule has 0 aliphatic rings. The highest BCUT2D eigenvalue weighted by Gasteiger charge is 2.20. The van der Waals surface area contributed by atoms with Crippen LogP contribution in [0.4, 0.5) is 13.2 Å². The maximum atomic E-state index is 13.8. The topological polar surface area (TPSA) is 0 Å². The predicted molar refractivity (Wildman–Crippen MR) is 76.2 cm³/mol. The Morgan fingerprint density at radius 1 is 0.947 bits per heavy atom. The van der Waals surface area contributed by atoms with Crippen molar-refractivity contribution in [2.24, 2.45) is 0 Å². The van der Waals surface area contributed by atoms with Crippen molar-refractivity contribution >= 4 is 43.5 Å². The van der Waals surface area contributed by atoms with Crippen LogP contribution in [0.15, 0.2) is 34.8 Å². The second-order valence-electron chi connectivity index (χ2n) is 3.79. The monoisotopic (exact) mass is 412 g/mol. The number of hydrogen-bond donors (Lipinski definition) is 0. The van der Waals surface area contributed by atoms with Crippen molar-refractivity contribution < 1.29 is 13.2 Å². The maximum Gasteiger partial charge on any atom is 0.142 e. The standard InChI is InChI=1S/C13H6Br2ClF3/c14-8-5-10(18)7(4-11(8)19)12(15)6-2-1-3-9(17)13(6)16/h1-5,12H. The van der Waals surface area contributed by atoms with Gasteiger partial charge in [-0.05, 0) is 39.7 Å². The van der Waals surface area contributed by atoms with Gasteiger partial charge in [-0.1, -0.05) is 39.7 Å². The van der Waals surface area contributed by atoms with Crippen molar-refractivity contribution in [1.82, 2.24) is 0 Å². The van der Waals surface area contributed by atoms with Gasteiger partial charge in [0.25, 0.3) is 0 Å². The van der Waals surface area contributed by atoms with Gasteiger partial charge in [-0.3, -0.25) is 0 Å². The molecule has 0 radical (unpaired) electrons. The van der Waals surface area contributed by atoms with Crippen molar-refractivity contribution in [3.8, 4) is 0 Å². The van der Waals surface area contributed by atoms with Crippen LogP contribution in [-0.2, 0) is 0 Å². The van der Waals surface area contributed by atoms with Crippen LogP contribution >= 0.6 is 43.5 Å². The van der Waals surface area contributed by atoms with Crippen LogP contribution in [0.25, 0.3) is 0 Å². The van der Waals surface area contributed by atoms with Crippen molar-refractivity contribution in [2.75, 3.05) is 0 Å². The molecule has 0 aliphatic heterocycles. The zero-order valence-electron chi connectivity index (χ0n) is 9.23. The molecule has 0 aliphatic carbocycles. The molecule has 19 heavy (non-hydrogen) atoms. The minimum atomic E-state index is -0.738. The zero-order chi connectivity index (χ0) is 14.2. The Morgan fingerprint density at radius 3 is 2.32 bits per heavy atom. The highest BCUT2D eigenvalue weighted by Crippen LogP contribution is 2.38. The van der Waals surface area contributed by atoms with Crippen molar-refractivity contribution in [2.45, 2.75) is 4.83 Å². The van der Waals surface area contributed by atoms with E-state index in [4.69, 9.17) is 11.6 Å². The lowest BCUT2D eigenvalue weighted by Gasteiger charge is -2.14. The lowest BCUT2D eigenvalue weighted by molar-refractivity contribution is 0.582. The Labute approximate surface area is 129 Å². The summed E-state index contributed by atoms with van der Waals surface area (Å²) in [5, 5.41) is -0.118. The van der Waals surface area contributed by atoms with E-state index >= 15 is 0 Å². The van der Waals surface area contributed by atoms with Gasteiger partial charge in [0.1, 0.15) is 17.5 Å². The van der Waals surface area contributed by atoms with Gasteiger partial charge in [0.2, 0.25) is 0 Å². The van der Waals surface area contributed by atoms with Gasteiger partial charge in [0.15, 0.2) is 0 Å². The molecule has 0 bridgehead atoms. The third kappa shape index (κ3) is 2.98. The molecular weight excluding hydrogens is 408 g/mol. The summed E-state index contributed by atoms with van der Waals surface area (Å²) in [6.45, 7) is 0. The van der Waals surface area contributed by atoms with Crippen LogP contribution in [-0.4, -0.2) is 0 Å². The fourth-order valence-electron chi connectivity index (χ4n) is 1.62. The normalized spacial score (nSPS) is 12.5. The first-order valence-electron chi connectivity index (χ1n) is 5.14. The number of benzene rings is 2. The van der Waals surface area contributed by atoms with Gasteiger partial charge in [0, 0.05) is 5.56 Å². The SMILES string of the molecule is Fc1cc(C(Br)c2cccc(F)c2Cl)c(F)cc1Br. The van der Waals surface area contributed by atoms with E-state index in [1.807, 2.05) is 0 Å². The molecule has 0 nitrogen and oxygen atoms in total. The number of rotatable bonds is 2. The van der Waals surface area contributed by atoms with E-state index in [9.17, 15) is 13.2 Å². The number of halogens is 6. The molecule has 0 N–H and O–H groups in total. The van der Waals surface area contributed by atoms with Crippen molar-refractivity contribution in [1.29, 1.82) is 0 Å². The van der Waals surface area contributed by atoms with Gasteiger partial charge in [-0.15, -0.1) is 0 Å². The van der Waals surface area contributed by atoms with Gasteiger partial charge in [0.05, 0.1) is 14.3 Å². The van der Waals surface area contributed by atoms with Gasteiger partial charge in [-0.2, -0.15) is 0 Å². The first kappa shape index (κ1) is 14.9. The first-order valence-corrected chi connectivity index (χ1v) is 7.23. The predicted octanol–water partition coefficient (Wildman–Crippen LogP) is 6.00. The molecule has 6 heteroatoms. The summed E-state index contributed by atoms with van der Waals surface area (Å²) in [7, 11) is 0. The van der Waals surface area contributed by atoms with E-state index < -0.39 is 22.3 Å². The van der Waals surface area contributed by atoms with E-state index in [1.165, 1.54) is 12.1 Å². The van der Waals surface area contributed by atoms with Crippen LogP contribution in [0.1, 0.15) is 16.0 Å². The number of hydrogen-bond acceptors (Lipinski definition) is 0. The van der Waals surface area contributed by atoms with Crippen LogP contribution in [0.3, 0.4) is 0 Å². The summed E-state index contributed by atoms with van der Waals surface area (Å²) >= 11 is 11.9. The van der Waals surface area contributed by atoms with E-state index in [2.05, 4.69) is 31.9 Å².